The van der Waals surface area contributed by atoms with Gasteiger partial charge in [-0.2, -0.15) is 5.10 Å². The third-order valence-corrected chi connectivity index (χ3v) is 5.10. The highest BCUT2D eigenvalue weighted by Gasteiger charge is 2.24. The van der Waals surface area contributed by atoms with Crippen molar-refractivity contribution < 1.29 is 4.79 Å². The molecule has 1 aliphatic carbocycles. The Bertz CT molecular complexity index is 719. The molecule has 1 aromatic heterocycles. The topological polar surface area (TPSA) is 59.0 Å². The first-order valence-corrected chi connectivity index (χ1v) is 8.90. The quantitative estimate of drug-likeness (QED) is 0.880. The molecule has 5 nitrogen and oxygen atoms in total. The normalized spacial score (nSPS) is 18.6. The Balaban J connectivity index is 0.00000182. The molecule has 0 saturated heterocycles. The highest BCUT2D eigenvalue weighted by molar-refractivity contribution is 5.85. The van der Waals surface area contributed by atoms with E-state index in [0.29, 0.717) is 18.9 Å². The molecule has 0 spiro atoms. The van der Waals surface area contributed by atoms with E-state index in [1.807, 2.05) is 0 Å². The lowest BCUT2D eigenvalue weighted by Crippen LogP contribution is -2.24. The van der Waals surface area contributed by atoms with Crippen LogP contribution < -0.4 is 10.6 Å². The second kappa shape index (κ2) is 8.02. The smallest absolute Gasteiger partial charge is 0.220 e. The number of amides is 1. The molecule has 1 aliphatic heterocycles. The zero-order valence-corrected chi connectivity index (χ0v) is 15.1. The molecule has 0 saturated carbocycles. The van der Waals surface area contributed by atoms with Gasteiger partial charge in [-0.05, 0) is 48.9 Å². The first-order chi connectivity index (χ1) is 11.8. The summed E-state index contributed by atoms with van der Waals surface area (Å²) in [5.74, 6) is 0.488. The van der Waals surface area contributed by atoms with E-state index in [-0.39, 0.29) is 18.3 Å². The second-order valence-corrected chi connectivity index (χ2v) is 6.80. The summed E-state index contributed by atoms with van der Waals surface area (Å²) in [5.41, 5.74) is 4.92. The fraction of sp³-hybridized carbons (Fsp3) is 0.474. The Kier molecular flexibility index (Phi) is 5.76. The molecule has 1 aromatic carbocycles. The molecule has 2 aliphatic rings. The molecular formula is C19H25ClN4O. The maximum absolute atomic E-state index is 12.3. The summed E-state index contributed by atoms with van der Waals surface area (Å²) in [6.07, 6.45) is 3.85. The molecule has 4 rings (SSSR count). The number of carbonyl (C=O) groups is 1. The summed E-state index contributed by atoms with van der Waals surface area (Å²) in [5, 5.41) is 11.0. The first kappa shape index (κ1) is 18.0. The fourth-order valence-corrected chi connectivity index (χ4v) is 3.85. The minimum Gasteiger partial charge on any atom is -0.350 e. The van der Waals surface area contributed by atoms with Crippen LogP contribution in [0.15, 0.2) is 30.3 Å². The molecule has 0 radical (unpaired) electrons. The molecule has 134 valence electrons. The van der Waals surface area contributed by atoms with Crippen LogP contribution in [0.25, 0.3) is 0 Å². The van der Waals surface area contributed by atoms with E-state index < -0.39 is 0 Å². The van der Waals surface area contributed by atoms with Crippen molar-refractivity contribution in [3.8, 4) is 0 Å². The average molecular weight is 361 g/mol. The van der Waals surface area contributed by atoms with Gasteiger partial charge >= 0.3 is 0 Å². The fourth-order valence-electron chi connectivity index (χ4n) is 3.85. The van der Waals surface area contributed by atoms with Crippen molar-refractivity contribution in [1.82, 2.24) is 20.4 Å². The second-order valence-electron chi connectivity index (χ2n) is 6.80. The molecule has 25 heavy (non-hydrogen) atoms. The van der Waals surface area contributed by atoms with Gasteiger partial charge in [0.1, 0.15) is 0 Å². The highest BCUT2D eigenvalue weighted by atomic mass is 35.5. The molecule has 1 amide bonds. The Morgan fingerprint density at radius 3 is 3.16 bits per heavy atom. The maximum atomic E-state index is 12.3. The third kappa shape index (κ3) is 4.05. The van der Waals surface area contributed by atoms with Crippen molar-refractivity contribution in [3.05, 3.63) is 52.8 Å². The van der Waals surface area contributed by atoms with Crippen molar-refractivity contribution in [1.29, 1.82) is 0 Å². The number of nitrogens with one attached hydrogen (secondary N) is 2. The Morgan fingerprint density at radius 1 is 1.36 bits per heavy atom. The molecule has 2 heterocycles. The zero-order chi connectivity index (χ0) is 16.4. The Labute approximate surface area is 154 Å². The number of carbonyl (C=O) groups excluding carboxylic acids is 1. The summed E-state index contributed by atoms with van der Waals surface area (Å²) in [6, 6.07) is 10.6. The van der Waals surface area contributed by atoms with E-state index in [9.17, 15) is 4.79 Å². The van der Waals surface area contributed by atoms with Crippen molar-refractivity contribution in [2.45, 2.75) is 51.2 Å². The summed E-state index contributed by atoms with van der Waals surface area (Å²) < 4.78 is 2.06. The van der Waals surface area contributed by atoms with Crippen LogP contribution >= 0.6 is 12.4 Å². The van der Waals surface area contributed by atoms with E-state index >= 15 is 0 Å². The molecule has 1 atom stereocenters. The van der Waals surface area contributed by atoms with Gasteiger partial charge in [0.05, 0.1) is 17.9 Å². The summed E-state index contributed by atoms with van der Waals surface area (Å²) in [7, 11) is 0. The molecule has 6 heteroatoms. The summed E-state index contributed by atoms with van der Waals surface area (Å²) >= 11 is 0. The van der Waals surface area contributed by atoms with Gasteiger partial charge in [-0.15, -0.1) is 12.4 Å². The molecular weight excluding hydrogens is 336 g/mol. The summed E-state index contributed by atoms with van der Waals surface area (Å²) in [6.45, 7) is 3.38. The molecule has 1 unspecified atom stereocenters. The van der Waals surface area contributed by atoms with E-state index in [2.05, 4.69) is 50.7 Å². The van der Waals surface area contributed by atoms with E-state index in [0.717, 1.165) is 44.6 Å². The number of fused-ring (bicyclic) bond motifs is 2. The third-order valence-electron chi connectivity index (χ3n) is 5.10. The lowest BCUT2D eigenvalue weighted by molar-refractivity contribution is -0.121. The van der Waals surface area contributed by atoms with Gasteiger partial charge in [0.2, 0.25) is 5.91 Å². The number of benzene rings is 1. The number of hydrogen-bond donors (Lipinski definition) is 2. The highest BCUT2D eigenvalue weighted by Crippen LogP contribution is 2.35. The van der Waals surface area contributed by atoms with Gasteiger partial charge in [-0.1, -0.05) is 24.3 Å². The molecule has 2 N–H and O–H groups in total. The Morgan fingerprint density at radius 2 is 2.24 bits per heavy atom. The SMILES string of the molecule is Cl.O=C(CC1CCc2ccccc21)NCc1cc2n(n1)CCCNC2. The Hall–Kier alpha value is -1.85. The first-order valence-electron chi connectivity index (χ1n) is 8.90. The van der Waals surface area contributed by atoms with Crippen LogP contribution in [0.5, 0.6) is 0 Å². The monoisotopic (exact) mass is 360 g/mol. The number of rotatable bonds is 4. The van der Waals surface area contributed by atoms with Gasteiger partial charge in [-0.25, -0.2) is 0 Å². The van der Waals surface area contributed by atoms with Crippen LogP contribution in [0.2, 0.25) is 0 Å². The molecule has 0 bridgehead atoms. The van der Waals surface area contributed by atoms with Gasteiger partial charge in [0.25, 0.3) is 0 Å². The standard InChI is InChI=1S/C19H24N4O.ClH/c24-19(10-15-7-6-14-4-1-2-5-18(14)15)21-12-16-11-17-13-20-8-3-9-23(17)22-16;/h1-2,4-5,11,15,20H,3,6-10,12-13H2,(H,21,24);1H. The number of nitrogens with zero attached hydrogens (tertiary/aromatic N) is 2. The van der Waals surface area contributed by atoms with Gasteiger partial charge in [0.15, 0.2) is 0 Å². The number of halogens is 1. The van der Waals surface area contributed by atoms with Crippen molar-refractivity contribution >= 4 is 18.3 Å². The predicted octanol–water partition coefficient (Wildman–Crippen LogP) is 2.53. The van der Waals surface area contributed by atoms with Crippen LogP contribution in [-0.2, 0) is 30.8 Å². The molecule has 0 fully saturated rings. The number of hydrogen-bond acceptors (Lipinski definition) is 3. The van der Waals surface area contributed by atoms with Gasteiger partial charge < -0.3 is 10.6 Å². The van der Waals surface area contributed by atoms with Crippen molar-refractivity contribution in [3.63, 3.8) is 0 Å². The van der Waals surface area contributed by atoms with E-state index in [4.69, 9.17) is 0 Å². The largest absolute Gasteiger partial charge is 0.350 e. The summed E-state index contributed by atoms with van der Waals surface area (Å²) in [4.78, 5) is 12.3. The lowest BCUT2D eigenvalue weighted by atomic mass is 9.97. The maximum Gasteiger partial charge on any atom is 0.220 e. The van der Waals surface area contributed by atoms with Crippen LogP contribution in [0, 0.1) is 0 Å². The molecule has 2 aromatic rings. The average Bonchev–Trinajstić information content (AvgIpc) is 3.11. The number of aromatic nitrogens is 2. The predicted molar refractivity (Wildman–Crippen MR) is 99.8 cm³/mol. The minimum absolute atomic E-state index is 0. The number of aryl methyl sites for hydroxylation is 2. The van der Waals surface area contributed by atoms with Crippen molar-refractivity contribution in [2.24, 2.45) is 0 Å². The zero-order valence-electron chi connectivity index (χ0n) is 14.3. The van der Waals surface area contributed by atoms with Crippen LogP contribution in [0.3, 0.4) is 0 Å². The minimum atomic E-state index is 0. The van der Waals surface area contributed by atoms with E-state index in [1.54, 1.807) is 0 Å². The van der Waals surface area contributed by atoms with Crippen LogP contribution in [0.4, 0.5) is 0 Å². The van der Waals surface area contributed by atoms with Gasteiger partial charge in [-0.3, -0.25) is 9.48 Å². The van der Waals surface area contributed by atoms with Gasteiger partial charge in [0, 0.05) is 19.5 Å². The van der Waals surface area contributed by atoms with Crippen LogP contribution in [0.1, 0.15) is 47.7 Å². The van der Waals surface area contributed by atoms with Crippen molar-refractivity contribution in [2.75, 3.05) is 6.54 Å². The van der Waals surface area contributed by atoms with E-state index in [1.165, 1.54) is 16.8 Å². The lowest BCUT2D eigenvalue weighted by Gasteiger charge is -2.11. The van der Waals surface area contributed by atoms with Crippen LogP contribution in [-0.4, -0.2) is 22.2 Å².